The van der Waals surface area contributed by atoms with Crippen molar-refractivity contribution in [1.29, 1.82) is 0 Å². The molecule has 0 saturated carbocycles. The molecule has 0 saturated heterocycles. The Morgan fingerprint density at radius 3 is 0.826 bits per heavy atom. The lowest BCUT2D eigenvalue weighted by atomic mass is 10.1. The van der Waals surface area contributed by atoms with E-state index in [2.05, 4.69) is 131 Å². The minimum Gasteiger partial charge on any atom is -0.370 e. The molecule has 0 fully saturated rings. The first-order valence-corrected chi connectivity index (χ1v) is 50.7. The fraction of sp³-hybridized carbons (Fsp3) is 0.759. The molecule has 0 aliphatic rings. The van der Waals surface area contributed by atoms with E-state index in [0.29, 0.717) is 0 Å². The van der Waals surface area contributed by atoms with Crippen LogP contribution >= 0.6 is 64.8 Å². The first-order valence-electron chi connectivity index (χ1n) is 43.2. The van der Waals surface area contributed by atoms with Crippen LogP contribution in [0.5, 0.6) is 0 Å². The lowest BCUT2D eigenvalue weighted by Crippen LogP contribution is -2.51. The van der Waals surface area contributed by atoms with Crippen molar-refractivity contribution in [3.8, 4) is 0 Å². The summed E-state index contributed by atoms with van der Waals surface area (Å²) in [6, 6.07) is -2.65. The van der Waals surface area contributed by atoms with E-state index in [1.165, 1.54) is 238 Å². The molecule has 0 aromatic heterocycles. The molecule has 0 unspecified atom stereocenters. The molecule has 32 heteroatoms. The van der Waals surface area contributed by atoms with E-state index in [4.69, 9.17) is 11.5 Å². The van der Waals surface area contributed by atoms with E-state index in [9.17, 15) is 47.9 Å². The van der Waals surface area contributed by atoms with Gasteiger partial charge in [0.1, 0.15) is 12.1 Å². The summed E-state index contributed by atoms with van der Waals surface area (Å²) < 4.78 is 0. The predicted octanol–water partition coefficient (Wildman–Crippen LogP) is 14.9. The Labute approximate surface area is 715 Å². The molecular formula is C83H150N16O10S6. The standard InChI is InChI=1S/C83H150N16O10S6/c1-4-7-10-13-16-19-22-25-28-31-34-37-40-43-46-49-56-92-97-78(105)68-113-110-65-75(102)88-61-59-86-73(100)54-52-71(81(108)91-64-63-90-77(104)67-112-115-70-80(107)99-94-58-51-48-45-42-39-36-33-30-27-24-21-18-15-12-9-6-3)95-82(109)72(96-83(84)85)53-55-74(101)87-60-62-89-76(103)66-111-114-69-79(106)98-93-57-50-47-44-41-38-35-32-29-26-23-20-17-14-11-8-5-2/h34-39,56-58,71-72H,4-33,40-55,59-70H2,1-3H3,(H,86,100)(H,87,101)(H,88,102)(H,89,103)(H,90,104)(H,91,108)(H,95,109)(H,97,105)(H,98,106)(H,99,107)(H4,84,85,96)/b37-34-,38-35-,39-36-,92-56-,93-57-,94-58-/t71-,72-/m0/s1. The van der Waals surface area contributed by atoms with Crippen LogP contribution in [0.2, 0.25) is 0 Å². The third kappa shape index (κ3) is 81.8. The van der Waals surface area contributed by atoms with Crippen LogP contribution in [-0.2, 0) is 47.9 Å². The van der Waals surface area contributed by atoms with Crippen LogP contribution in [0.4, 0.5) is 0 Å². The average Bonchev–Trinajstić information content (AvgIpc) is 0.878. The van der Waals surface area contributed by atoms with E-state index in [-0.39, 0.29) is 135 Å². The predicted molar refractivity (Wildman–Crippen MR) is 491 cm³/mol. The van der Waals surface area contributed by atoms with Crippen LogP contribution in [0.15, 0.2) is 56.8 Å². The Morgan fingerprint density at radius 1 is 0.287 bits per heavy atom. The monoisotopic (exact) mass is 1720 g/mol. The molecule has 0 aromatic rings. The van der Waals surface area contributed by atoms with Crippen molar-refractivity contribution in [2.45, 2.75) is 328 Å². The Morgan fingerprint density at radius 2 is 0.530 bits per heavy atom. The number of unbranched alkanes of at least 4 members (excludes halogenated alkanes) is 36. The molecule has 0 aliphatic heterocycles. The van der Waals surface area contributed by atoms with E-state index in [1.54, 1.807) is 18.6 Å². The van der Waals surface area contributed by atoms with Gasteiger partial charge < -0.3 is 48.7 Å². The zero-order chi connectivity index (χ0) is 84.0. The molecule has 2 atom stereocenters. The molecule has 658 valence electrons. The summed E-state index contributed by atoms with van der Waals surface area (Å²) in [6.07, 6.45) is 68.7. The second kappa shape index (κ2) is 86.2. The molecule has 0 heterocycles. The Hall–Kier alpha value is -5.70. The minimum atomic E-state index is -1.34. The van der Waals surface area contributed by atoms with Crippen molar-refractivity contribution >= 4 is 148 Å². The van der Waals surface area contributed by atoms with Crippen LogP contribution in [-0.4, -0.2) is 170 Å². The SMILES string of the molecule is CCCCCCCCCCC/C=C\CCCC/C=N\NC(=O)CSSCC(=O)NCCNC(=O)CC[C@H](N=C(N)N)C(=O)N[C@@H](CCC(=O)NCCNC(=O)CSSCC(=O)N/N=C\CCCC/C=C\CCCCCCCCCCC)C(=O)NCCNC(=O)CSSCC(=O)N/N=C\CCCC/C=C\CCCCCCCCCCC. The van der Waals surface area contributed by atoms with Crippen molar-refractivity contribution < 1.29 is 47.9 Å². The highest BCUT2D eigenvalue weighted by atomic mass is 33.1. The van der Waals surface area contributed by atoms with Crippen LogP contribution in [0.25, 0.3) is 0 Å². The number of aliphatic imine (C=N–C) groups is 1. The van der Waals surface area contributed by atoms with E-state index in [1.807, 2.05) is 0 Å². The smallest absolute Gasteiger partial charge is 0.250 e. The summed E-state index contributed by atoms with van der Waals surface area (Å²) in [5, 5.41) is 30.9. The number of rotatable bonds is 82. The van der Waals surface area contributed by atoms with E-state index < -0.39 is 41.7 Å². The summed E-state index contributed by atoms with van der Waals surface area (Å²) in [5.41, 5.74) is 19.0. The van der Waals surface area contributed by atoms with Gasteiger partial charge in [0.2, 0.25) is 41.4 Å². The maximum Gasteiger partial charge on any atom is 0.250 e. The number of nitrogens with one attached hydrogen (secondary N) is 10. The summed E-state index contributed by atoms with van der Waals surface area (Å²) in [5.74, 6) is -4.35. The molecule has 10 amide bonds. The second-order valence-electron chi connectivity index (χ2n) is 28.5. The molecule has 0 bridgehead atoms. The van der Waals surface area contributed by atoms with Crippen LogP contribution in [0.1, 0.15) is 316 Å². The minimum absolute atomic E-state index is 0.00960. The quantitative estimate of drug-likeness (QED) is 0.00672. The highest BCUT2D eigenvalue weighted by Crippen LogP contribution is 2.23. The van der Waals surface area contributed by atoms with Crippen molar-refractivity contribution in [2.75, 3.05) is 73.8 Å². The number of allylic oxidation sites excluding steroid dienone is 6. The van der Waals surface area contributed by atoms with Crippen LogP contribution in [0, 0.1) is 0 Å². The molecule has 26 nitrogen and oxygen atoms in total. The largest absolute Gasteiger partial charge is 0.370 e. The zero-order valence-electron chi connectivity index (χ0n) is 70.3. The van der Waals surface area contributed by atoms with Gasteiger partial charge in [-0.05, 0) is 128 Å². The number of carbonyl (C=O) groups excluding carboxylic acids is 10. The lowest BCUT2D eigenvalue weighted by Gasteiger charge is -2.21. The van der Waals surface area contributed by atoms with Gasteiger partial charge in [0.15, 0.2) is 5.96 Å². The molecule has 0 rings (SSSR count). The molecular weight excluding hydrogens is 1570 g/mol. The normalized spacial score (nSPS) is 12.1. The van der Waals surface area contributed by atoms with Crippen molar-refractivity contribution in [2.24, 2.45) is 31.8 Å². The third-order valence-electron chi connectivity index (χ3n) is 17.8. The number of amides is 10. The first kappa shape index (κ1) is 109. The van der Waals surface area contributed by atoms with Crippen molar-refractivity contribution in [3.05, 3.63) is 36.5 Å². The summed E-state index contributed by atoms with van der Waals surface area (Å²) in [6.45, 7) is 7.00. The van der Waals surface area contributed by atoms with Gasteiger partial charge in [-0.25, -0.2) is 21.3 Å². The topological polar surface area (TPSA) is 392 Å². The Balaban J connectivity index is 5.03. The summed E-state index contributed by atoms with van der Waals surface area (Å²) in [4.78, 5) is 132. The first-order chi connectivity index (χ1) is 56.1. The van der Waals surface area contributed by atoms with E-state index in [0.717, 1.165) is 96.3 Å². The van der Waals surface area contributed by atoms with Gasteiger partial charge in [-0.3, -0.25) is 47.9 Å². The number of carbonyl (C=O) groups is 10. The van der Waals surface area contributed by atoms with Gasteiger partial charge in [-0.2, -0.15) is 15.3 Å². The Bertz CT molecular complexity index is 2730. The highest BCUT2D eigenvalue weighted by molar-refractivity contribution is 8.77. The summed E-state index contributed by atoms with van der Waals surface area (Å²) >= 11 is 0. The third-order valence-corrected chi connectivity index (χ3v) is 24.2. The number of nitrogens with two attached hydrogens (primary N) is 2. The number of hydrazone groups is 3. The van der Waals surface area contributed by atoms with E-state index >= 15 is 0 Å². The van der Waals surface area contributed by atoms with Gasteiger partial charge in [0.05, 0.1) is 34.5 Å². The fourth-order valence-electron chi connectivity index (χ4n) is 11.3. The zero-order valence-corrected chi connectivity index (χ0v) is 75.2. The number of guanidine groups is 1. The maximum atomic E-state index is 13.8. The number of hydrogen-bond donors (Lipinski definition) is 12. The van der Waals surface area contributed by atoms with Crippen molar-refractivity contribution in [1.82, 2.24) is 53.5 Å². The summed E-state index contributed by atoms with van der Waals surface area (Å²) in [7, 11) is 7.20. The highest BCUT2D eigenvalue weighted by Gasteiger charge is 2.27. The maximum absolute atomic E-state index is 13.8. The Kier molecular flexibility index (Phi) is 81.9. The lowest BCUT2D eigenvalue weighted by molar-refractivity contribution is -0.130. The molecule has 0 aromatic carbocycles. The van der Waals surface area contributed by atoms with Gasteiger partial charge in [-0.15, -0.1) is 0 Å². The molecule has 115 heavy (non-hydrogen) atoms. The number of hydrogen-bond acceptors (Lipinski definition) is 20. The molecule has 0 spiro atoms. The average molecular weight is 1720 g/mol. The van der Waals surface area contributed by atoms with Crippen LogP contribution < -0.4 is 65.0 Å². The van der Waals surface area contributed by atoms with Gasteiger partial charge in [0.25, 0.3) is 17.7 Å². The molecule has 0 aliphatic carbocycles. The van der Waals surface area contributed by atoms with Gasteiger partial charge in [-0.1, -0.05) is 276 Å². The molecule has 0 radical (unpaired) electrons. The van der Waals surface area contributed by atoms with Gasteiger partial charge in [0, 0.05) is 70.8 Å². The van der Waals surface area contributed by atoms with Crippen LogP contribution in [0.3, 0.4) is 0 Å². The molecule has 14 N–H and O–H groups in total. The van der Waals surface area contributed by atoms with Gasteiger partial charge >= 0.3 is 0 Å². The number of nitrogens with zero attached hydrogens (tertiary/aromatic N) is 4. The fourth-order valence-corrected chi connectivity index (χ4v) is 16.4. The van der Waals surface area contributed by atoms with Crippen molar-refractivity contribution in [3.63, 3.8) is 0 Å². The second-order valence-corrected chi connectivity index (χ2v) is 35.9.